The zero-order valence-electron chi connectivity index (χ0n) is 10.6. The van der Waals surface area contributed by atoms with E-state index in [0.717, 1.165) is 18.9 Å². The Morgan fingerprint density at radius 2 is 2.00 bits per heavy atom. The lowest BCUT2D eigenvalue weighted by Gasteiger charge is -2.19. The van der Waals surface area contributed by atoms with Crippen molar-refractivity contribution >= 4 is 11.6 Å². The Morgan fingerprint density at radius 1 is 1.29 bits per heavy atom. The van der Waals surface area contributed by atoms with Gasteiger partial charge in [-0.2, -0.15) is 0 Å². The van der Waals surface area contributed by atoms with Gasteiger partial charge in [0.25, 0.3) is 0 Å². The van der Waals surface area contributed by atoms with Gasteiger partial charge in [-0.15, -0.1) is 0 Å². The second-order valence-corrected chi connectivity index (χ2v) is 3.93. The number of halogens is 2. The molecule has 1 rings (SSSR count). The normalized spacial score (nSPS) is 10.4. The molecule has 0 aliphatic rings. The molecule has 1 N–H and O–H groups in total. The van der Waals surface area contributed by atoms with Crippen molar-refractivity contribution in [2.24, 2.45) is 0 Å². The van der Waals surface area contributed by atoms with Crippen LogP contribution < -0.4 is 10.2 Å². The molecule has 0 aliphatic carbocycles. The van der Waals surface area contributed by atoms with Crippen LogP contribution in [0.4, 0.5) is 20.4 Å². The Kier molecular flexibility index (Phi) is 5.12. The van der Waals surface area contributed by atoms with Gasteiger partial charge in [0.1, 0.15) is 0 Å². The Bertz CT molecular complexity index is 369. The third kappa shape index (κ3) is 3.54. The molecule has 0 bridgehead atoms. The van der Waals surface area contributed by atoms with E-state index in [9.17, 15) is 8.78 Å². The van der Waals surface area contributed by atoms with Crippen LogP contribution >= 0.6 is 0 Å². The summed E-state index contributed by atoms with van der Waals surface area (Å²) in [4.78, 5) is 5.69. The summed E-state index contributed by atoms with van der Waals surface area (Å²) in [6.45, 7) is 5.16. The summed E-state index contributed by atoms with van der Waals surface area (Å²) in [5.74, 6) is -0.984. The van der Waals surface area contributed by atoms with E-state index >= 15 is 0 Å². The zero-order chi connectivity index (χ0) is 12.8. The summed E-state index contributed by atoms with van der Waals surface area (Å²) in [5.41, 5.74) is 0. The minimum Gasteiger partial charge on any atom is -0.368 e. The molecular formula is C12H19F2N3. The SMILES string of the molecule is CCCCN(C)c1nc(NCC)c(F)cc1F. The summed E-state index contributed by atoms with van der Waals surface area (Å²) in [5, 5.41) is 2.77. The van der Waals surface area contributed by atoms with E-state index < -0.39 is 11.6 Å². The van der Waals surface area contributed by atoms with Crippen LogP contribution in [0, 0.1) is 11.6 Å². The highest BCUT2D eigenvalue weighted by Gasteiger charge is 2.14. The number of aromatic nitrogens is 1. The summed E-state index contributed by atoms with van der Waals surface area (Å²) >= 11 is 0. The van der Waals surface area contributed by atoms with E-state index in [2.05, 4.69) is 17.2 Å². The second kappa shape index (κ2) is 6.37. The number of unbranched alkanes of at least 4 members (excludes halogenated alkanes) is 1. The summed E-state index contributed by atoms with van der Waals surface area (Å²) < 4.78 is 26.9. The number of rotatable bonds is 6. The van der Waals surface area contributed by atoms with Gasteiger partial charge in [-0.3, -0.25) is 0 Å². The smallest absolute Gasteiger partial charge is 0.168 e. The topological polar surface area (TPSA) is 28.2 Å². The highest BCUT2D eigenvalue weighted by Crippen LogP contribution is 2.21. The second-order valence-electron chi connectivity index (χ2n) is 3.93. The van der Waals surface area contributed by atoms with Crippen LogP contribution in [0.15, 0.2) is 6.07 Å². The Hall–Kier alpha value is -1.39. The van der Waals surface area contributed by atoms with Crippen LogP contribution in [-0.2, 0) is 0 Å². The van der Waals surface area contributed by atoms with Crippen molar-refractivity contribution in [2.75, 3.05) is 30.4 Å². The molecule has 0 saturated heterocycles. The molecule has 0 unspecified atom stereocenters. The molecule has 17 heavy (non-hydrogen) atoms. The highest BCUT2D eigenvalue weighted by molar-refractivity contribution is 5.48. The van der Waals surface area contributed by atoms with Crippen LogP contribution in [0.5, 0.6) is 0 Å². The van der Waals surface area contributed by atoms with E-state index in [-0.39, 0.29) is 11.6 Å². The van der Waals surface area contributed by atoms with E-state index in [1.165, 1.54) is 0 Å². The zero-order valence-corrected chi connectivity index (χ0v) is 10.6. The summed E-state index contributed by atoms with van der Waals surface area (Å²) in [6, 6.07) is 0.878. The fourth-order valence-corrected chi connectivity index (χ4v) is 1.52. The average molecular weight is 243 g/mol. The first-order valence-electron chi connectivity index (χ1n) is 5.91. The number of hydrogen-bond acceptors (Lipinski definition) is 3. The number of anilines is 2. The standard InChI is InChI=1S/C12H19F2N3/c1-4-6-7-17(3)12-10(14)8-9(13)11(16-12)15-5-2/h8H,4-7H2,1-3H3,(H,15,16). The third-order valence-corrected chi connectivity index (χ3v) is 2.46. The van der Waals surface area contributed by atoms with Crippen LogP contribution in [0.1, 0.15) is 26.7 Å². The van der Waals surface area contributed by atoms with Gasteiger partial charge in [0.15, 0.2) is 23.3 Å². The van der Waals surface area contributed by atoms with Gasteiger partial charge >= 0.3 is 0 Å². The molecule has 1 aromatic rings. The van der Waals surface area contributed by atoms with Crippen LogP contribution in [-0.4, -0.2) is 25.1 Å². The van der Waals surface area contributed by atoms with E-state index in [1.807, 2.05) is 6.92 Å². The van der Waals surface area contributed by atoms with Crippen molar-refractivity contribution < 1.29 is 8.78 Å². The van der Waals surface area contributed by atoms with Crippen LogP contribution in [0.2, 0.25) is 0 Å². The van der Waals surface area contributed by atoms with Gasteiger partial charge in [0.05, 0.1) is 0 Å². The molecule has 0 saturated carbocycles. The Balaban J connectivity index is 2.93. The number of nitrogens with zero attached hydrogens (tertiary/aromatic N) is 2. The van der Waals surface area contributed by atoms with Crippen LogP contribution in [0.3, 0.4) is 0 Å². The predicted molar refractivity (Wildman–Crippen MR) is 66.5 cm³/mol. The van der Waals surface area contributed by atoms with Gasteiger partial charge in [-0.1, -0.05) is 13.3 Å². The molecule has 0 fully saturated rings. The van der Waals surface area contributed by atoms with Gasteiger partial charge in [0.2, 0.25) is 0 Å². The average Bonchev–Trinajstić information content (AvgIpc) is 2.29. The number of pyridine rings is 1. The first-order chi connectivity index (χ1) is 8.10. The van der Waals surface area contributed by atoms with E-state index in [1.54, 1.807) is 11.9 Å². The largest absolute Gasteiger partial charge is 0.368 e. The van der Waals surface area contributed by atoms with Crippen molar-refractivity contribution in [3.63, 3.8) is 0 Å². The molecule has 96 valence electrons. The highest BCUT2D eigenvalue weighted by atomic mass is 19.1. The molecule has 1 heterocycles. The van der Waals surface area contributed by atoms with Gasteiger partial charge in [0, 0.05) is 26.2 Å². The summed E-state index contributed by atoms with van der Waals surface area (Å²) in [7, 11) is 1.76. The fourth-order valence-electron chi connectivity index (χ4n) is 1.52. The maximum absolute atomic E-state index is 13.6. The lowest BCUT2D eigenvalue weighted by atomic mass is 10.3. The molecule has 0 atom stereocenters. The molecule has 0 aliphatic heterocycles. The maximum atomic E-state index is 13.6. The van der Waals surface area contributed by atoms with Crippen molar-refractivity contribution in [3.05, 3.63) is 17.7 Å². The molecule has 0 radical (unpaired) electrons. The maximum Gasteiger partial charge on any atom is 0.168 e. The monoisotopic (exact) mass is 243 g/mol. The van der Waals surface area contributed by atoms with Crippen molar-refractivity contribution in [3.8, 4) is 0 Å². The van der Waals surface area contributed by atoms with Gasteiger partial charge in [-0.05, 0) is 13.3 Å². The molecule has 0 spiro atoms. The minimum atomic E-state index is -0.656. The number of nitrogens with one attached hydrogen (secondary N) is 1. The first kappa shape index (κ1) is 13.7. The molecule has 0 amide bonds. The quantitative estimate of drug-likeness (QED) is 0.832. The van der Waals surface area contributed by atoms with E-state index in [4.69, 9.17) is 0 Å². The molecule has 1 aromatic heterocycles. The fraction of sp³-hybridized carbons (Fsp3) is 0.583. The van der Waals surface area contributed by atoms with Gasteiger partial charge in [-0.25, -0.2) is 13.8 Å². The Labute approximate surface area is 101 Å². The van der Waals surface area contributed by atoms with Crippen LogP contribution in [0.25, 0.3) is 0 Å². The van der Waals surface area contributed by atoms with E-state index in [0.29, 0.717) is 13.1 Å². The van der Waals surface area contributed by atoms with Gasteiger partial charge < -0.3 is 10.2 Å². The molecule has 3 nitrogen and oxygen atoms in total. The minimum absolute atomic E-state index is 0.104. The lowest BCUT2D eigenvalue weighted by molar-refractivity contribution is 0.571. The summed E-state index contributed by atoms with van der Waals surface area (Å²) in [6.07, 6.45) is 1.97. The van der Waals surface area contributed by atoms with Crippen molar-refractivity contribution in [1.82, 2.24) is 4.98 Å². The number of hydrogen-bond donors (Lipinski definition) is 1. The van der Waals surface area contributed by atoms with Crippen molar-refractivity contribution in [2.45, 2.75) is 26.7 Å². The Morgan fingerprint density at radius 3 is 2.59 bits per heavy atom. The predicted octanol–water partition coefficient (Wildman–Crippen LogP) is 3.03. The third-order valence-electron chi connectivity index (χ3n) is 2.46. The molecular weight excluding hydrogens is 224 g/mol. The first-order valence-corrected chi connectivity index (χ1v) is 5.91. The molecule has 5 heteroatoms. The van der Waals surface area contributed by atoms with Crippen molar-refractivity contribution in [1.29, 1.82) is 0 Å². The lowest BCUT2D eigenvalue weighted by Crippen LogP contribution is -2.21. The molecule has 0 aromatic carbocycles.